The number of thiazole rings is 1. The maximum Gasteiger partial charge on any atom is 0.233 e. The van der Waals surface area contributed by atoms with Crippen molar-refractivity contribution in [2.75, 3.05) is 31.1 Å². The second kappa shape index (κ2) is 10.0. The van der Waals surface area contributed by atoms with Crippen molar-refractivity contribution in [3.63, 3.8) is 0 Å². The lowest BCUT2D eigenvalue weighted by Crippen LogP contribution is -2.39. The summed E-state index contributed by atoms with van der Waals surface area (Å²) in [7, 11) is 0. The first-order chi connectivity index (χ1) is 14.3. The van der Waals surface area contributed by atoms with Crippen molar-refractivity contribution >= 4 is 48.5 Å². The van der Waals surface area contributed by atoms with Crippen molar-refractivity contribution in [2.45, 2.75) is 41.0 Å². The first-order valence-electron chi connectivity index (χ1n) is 10.5. The second-order valence-corrected chi connectivity index (χ2v) is 9.66. The zero-order valence-corrected chi connectivity index (χ0v) is 20.9. The summed E-state index contributed by atoms with van der Waals surface area (Å²) in [5, 5.41) is 0.780. The van der Waals surface area contributed by atoms with Gasteiger partial charge < -0.3 is 4.90 Å². The summed E-state index contributed by atoms with van der Waals surface area (Å²) < 4.78 is 2.11. The summed E-state index contributed by atoms with van der Waals surface area (Å²) in [4.78, 5) is 22.5. The Labute approximate surface area is 192 Å². The summed E-state index contributed by atoms with van der Waals surface area (Å²) in [5.41, 5.74) is 5.65. The number of hydrogen-bond donors (Lipinski definition) is 0. The van der Waals surface area contributed by atoms with E-state index >= 15 is 0 Å². The van der Waals surface area contributed by atoms with Crippen LogP contribution in [0, 0.1) is 20.8 Å². The molecule has 0 aliphatic carbocycles. The minimum atomic E-state index is 0.107. The van der Waals surface area contributed by atoms with E-state index in [0.717, 1.165) is 45.0 Å². The van der Waals surface area contributed by atoms with Gasteiger partial charge in [0, 0.05) is 17.6 Å². The van der Waals surface area contributed by atoms with Gasteiger partial charge in [-0.1, -0.05) is 58.8 Å². The van der Waals surface area contributed by atoms with Crippen molar-refractivity contribution < 1.29 is 4.79 Å². The van der Waals surface area contributed by atoms with Gasteiger partial charge in [-0.05, 0) is 68.8 Å². The summed E-state index contributed by atoms with van der Waals surface area (Å²) in [5.74, 6) is 0.107. The molecule has 3 rings (SSSR count). The topological polar surface area (TPSA) is 36.4 Å². The summed E-state index contributed by atoms with van der Waals surface area (Å²) in [6.07, 6.45) is 0.399. The van der Waals surface area contributed by atoms with E-state index in [1.54, 1.807) is 11.3 Å². The number of benzene rings is 2. The predicted octanol–water partition coefficient (Wildman–Crippen LogP) is 5.90. The van der Waals surface area contributed by atoms with E-state index in [1.165, 1.54) is 16.7 Å². The van der Waals surface area contributed by atoms with Gasteiger partial charge in [-0.25, -0.2) is 4.98 Å². The summed E-state index contributed by atoms with van der Waals surface area (Å²) in [6.45, 7) is 14.0. The Morgan fingerprint density at radius 3 is 2.33 bits per heavy atom. The number of amides is 1. The fourth-order valence-electron chi connectivity index (χ4n) is 3.85. The first-order valence-corrected chi connectivity index (χ1v) is 12.1. The smallest absolute Gasteiger partial charge is 0.233 e. The molecule has 1 amide bonds. The number of fused-ring (bicyclic) bond motifs is 1. The van der Waals surface area contributed by atoms with Crippen molar-refractivity contribution in [2.24, 2.45) is 0 Å². The number of carbonyl (C=O) groups excluding carboxylic acids is 1. The molecule has 0 bridgehead atoms. The number of likely N-dealkylation sites (N-methyl/N-ethyl adjacent to an activating group) is 1. The molecule has 0 atom stereocenters. The van der Waals surface area contributed by atoms with Crippen LogP contribution < -0.4 is 4.90 Å². The number of nitrogens with zero attached hydrogens (tertiary/aromatic N) is 3. The highest BCUT2D eigenvalue weighted by atomic mass is 79.9. The number of hydrogen-bond acceptors (Lipinski definition) is 4. The van der Waals surface area contributed by atoms with Crippen LogP contribution in [0.25, 0.3) is 10.2 Å². The molecule has 2 aromatic carbocycles. The molecule has 0 radical (unpaired) electrons. The molecule has 30 heavy (non-hydrogen) atoms. The monoisotopic (exact) mass is 487 g/mol. The van der Waals surface area contributed by atoms with Gasteiger partial charge in [-0.2, -0.15) is 0 Å². The third-order valence-corrected chi connectivity index (χ3v) is 7.11. The Morgan fingerprint density at radius 1 is 1.03 bits per heavy atom. The molecule has 1 aromatic heterocycles. The van der Waals surface area contributed by atoms with Crippen LogP contribution in [0.5, 0.6) is 0 Å². The first kappa shape index (κ1) is 22.9. The number of anilines is 1. The normalized spacial score (nSPS) is 11.4. The van der Waals surface area contributed by atoms with Gasteiger partial charge in [-0.15, -0.1) is 0 Å². The van der Waals surface area contributed by atoms with E-state index in [0.29, 0.717) is 13.0 Å². The molecule has 6 heteroatoms. The van der Waals surface area contributed by atoms with E-state index in [9.17, 15) is 4.79 Å². The number of carbonyl (C=O) groups is 1. The zero-order chi connectivity index (χ0) is 21.8. The standard InChI is InChI=1S/C24H30BrN3OS/c1-6-27(7-2)10-11-28(24-26-21-9-8-19(25)14-22(21)30-24)23(29)15-20-17(4)12-16(3)13-18(20)5/h8-9,12-14H,6-7,10-11,15H2,1-5H3. The lowest BCUT2D eigenvalue weighted by molar-refractivity contribution is -0.118. The molecule has 0 saturated heterocycles. The fourth-order valence-corrected chi connectivity index (χ4v) is 5.41. The third-order valence-electron chi connectivity index (χ3n) is 5.57. The van der Waals surface area contributed by atoms with Gasteiger partial charge >= 0.3 is 0 Å². The van der Waals surface area contributed by atoms with Gasteiger partial charge in [0.1, 0.15) is 0 Å². The van der Waals surface area contributed by atoms with Crippen molar-refractivity contribution in [1.82, 2.24) is 9.88 Å². The van der Waals surface area contributed by atoms with E-state index < -0.39 is 0 Å². The Balaban J connectivity index is 1.92. The highest BCUT2D eigenvalue weighted by Gasteiger charge is 2.22. The van der Waals surface area contributed by atoms with Gasteiger partial charge in [0.2, 0.25) is 5.91 Å². The molecule has 0 N–H and O–H groups in total. The molecular weight excluding hydrogens is 458 g/mol. The van der Waals surface area contributed by atoms with Crippen LogP contribution >= 0.6 is 27.3 Å². The zero-order valence-electron chi connectivity index (χ0n) is 18.5. The Kier molecular flexibility index (Phi) is 7.66. The third kappa shape index (κ3) is 5.29. The Hall–Kier alpha value is -1.76. The lowest BCUT2D eigenvalue weighted by Gasteiger charge is -2.25. The second-order valence-electron chi connectivity index (χ2n) is 7.73. The minimum Gasteiger partial charge on any atom is -0.302 e. The van der Waals surface area contributed by atoms with Crippen molar-refractivity contribution in [3.05, 3.63) is 57.1 Å². The molecule has 0 fully saturated rings. The van der Waals surface area contributed by atoms with Crippen molar-refractivity contribution in [1.29, 1.82) is 0 Å². The fraction of sp³-hybridized carbons (Fsp3) is 0.417. The minimum absolute atomic E-state index is 0.107. The average Bonchev–Trinajstić information content (AvgIpc) is 3.10. The quantitative estimate of drug-likeness (QED) is 0.396. The van der Waals surface area contributed by atoms with Crippen LogP contribution in [-0.2, 0) is 11.2 Å². The number of halogens is 1. The van der Waals surface area contributed by atoms with Gasteiger partial charge in [0.15, 0.2) is 5.13 Å². The predicted molar refractivity (Wildman–Crippen MR) is 132 cm³/mol. The molecular formula is C24H30BrN3OS. The molecule has 0 saturated carbocycles. The van der Waals surface area contributed by atoms with Crippen molar-refractivity contribution in [3.8, 4) is 0 Å². The van der Waals surface area contributed by atoms with E-state index in [4.69, 9.17) is 4.98 Å². The molecule has 4 nitrogen and oxygen atoms in total. The molecule has 0 spiro atoms. The molecule has 1 heterocycles. The molecule has 160 valence electrons. The van der Waals surface area contributed by atoms with Crippen LogP contribution in [0.1, 0.15) is 36.1 Å². The van der Waals surface area contributed by atoms with Crippen LogP contribution in [-0.4, -0.2) is 42.0 Å². The van der Waals surface area contributed by atoms with E-state index in [-0.39, 0.29) is 5.91 Å². The van der Waals surface area contributed by atoms with Crippen LogP contribution in [0.4, 0.5) is 5.13 Å². The van der Waals surface area contributed by atoms with Crippen LogP contribution in [0.3, 0.4) is 0 Å². The maximum atomic E-state index is 13.5. The summed E-state index contributed by atoms with van der Waals surface area (Å²) in [6, 6.07) is 10.4. The van der Waals surface area contributed by atoms with E-state index in [1.807, 2.05) is 17.0 Å². The average molecular weight is 488 g/mol. The van der Waals surface area contributed by atoms with Gasteiger partial charge in [-0.3, -0.25) is 9.69 Å². The molecule has 3 aromatic rings. The van der Waals surface area contributed by atoms with Gasteiger partial charge in [0.05, 0.1) is 16.6 Å². The number of aryl methyl sites for hydroxylation is 3. The summed E-state index contributed by atoms with van der Waals surface area (Å²) >= 11 is 5.12. The van der Waals surface area contributed by atoms with Gasteiger partial charge in [0.25, 0.3) is 0 Å². The highest BCUT2D eigenvalue weighted by molar-refractivity contribution is 9.10. The SMILES string of the molecule is CCN(CC)CCN(C(=O)Cc1c(C)cc(C)cc1C)c1nc2ccc(Br)cc2s1. The van der Waals surface area contributed by atoms with Crippen LogP contribution in [0.15, 0.2) is 34.8 Å². The molecule has 0 unspecified atom stereocenters. The number of aromatic nitrogens is 1. The lowest BCUT2D eigenvalue weighted by atomic mass is 9.97. The largest absolute Gasteiger partial charge is 0.302 e. The van der Waals surface area contributed by atoms with E-state index in [2.05, 4.69) is 73.6 Å². The highest BCUT2D eigenvalue weighted by Crippen LogP contribution is 2.31. The van der Waals surface area contributed by atoms with Crippen LogP contribution in [0.2, 0.25) is 0 Å². The molecule has 0 aliphatic heterocycles. The Bertz CT molecular complexity index is 1020. The Morgan fingerprint density at radius 2 is 1.70 bits per heavy atom. The molecule has 0 aliphatic rings. The number of rotatable bonds is 8. The maximum absolute atomic E-state index is 13.5.